The molecule has 0 bridgehead atoms. The van der Waals surface area contributed by atoms with Gasteiger partial charge in [0, 0.05) is 31.9 Å². The Balaban J connectivity index is 1.81. The van der Waals surface area contributed by atoms with E-state index in [2.05, 4.69) is 15.5 Å². The van der Waals surface area contributed by atoms with Gasteiger partial charge in [0.15, 0.2) is 0 Å². The van der Waals surface area contributed by atoms with E-state index in [-0.39, 0.29) is 35.2 Å². The Morgan fingerprint density at radius 3 is 2.70 bits per heavy atom. The number of carbonyl (C=O) groups is 1. The molecule has 1 aliphatic rings. The number of hydrogen-bond acceptors (Lipinski definition) is 5. The van der Waals surface area contributed by atoms with Crippen molar-refractivity contribution in [3.8, 4) is 0 Å². The average molecular weight is 317 g/mol. The van der Waals surface area contributed by atoms with Crippen LogP contribution in [0, 0.1) is 5.92 Å². The van der Waals surface area contributed by atoms with E-state index in [4.69, 9.17) is 0 Å². The molecule has 0 spiro atoms. The zero-order valence-electron chi connectivity index (χ0n) is 13.0. The summed E-state index contributed by atoms with van der Waals surface area (Å²) in [4.78, 5) is 23.8. The van der Waals surface area contributed by atoms with Crippen LogP contribution in [-0.2, 0) is 14.1 Å². The Morgan fingerprint density at radius 2 is 2.13 bits per heavy atom. The maximum atomic E-state index is 12.4. The van der Waals surface area contributed by atoms with E-state index in [0.717, 1.165) is 10.2 Å². The maximum absolute atomic E-state index is 12.4. The molecular formula is C15H19N5O3. The highest BCUT2D eigenvalue weighted by Crippen LogP contribution is 2.38. The smallest absolute Gasteiger partial charge is 0.272 e. The van der Waals surface area contributed by atoms with Gasteiger partial charge in [-0.25, -0.2) is 4.68 Å². The van der Waals surface area contributed by atoms with Crippen LogP contribution in [0.3, 0.4) is 0 Å². The number of nitrogens with one attached hydrogen (secondary N) is 1. The number of aryl methyl sites for hydroxylation is 2. The molecule has 1 aliphatic carbocycles. The first kappa shape index (κ1) is 15.4. The second kappa shape index (κ2) is 5.96. The molecule has 8 nitrogen and oxygen atoms in total. The highest BCUT2D eigenvalue weighted by Gasteiger charge is 2.36. The van der Waals surface area contributed by atoms with Gasteiger partial charge >= 0.3 is 0 Å². The van der Waals surface area contributed by atoms with E-state index in [1.165, 1.54) is 19.2 Å². The Morgan fingerprint density at radius 1 is 1.39 bits per heavy atom. The van der Waals surface area contributed by atoms with Crippen LogP contribution in [0.1, 0.15) is 34.9 Å². The first-order valence-corrected chi connectivity index (χ1v) is 7.46. The molecule has 2 aromatic heterocycles. The van der Waals surface area contributed by atoms with Crippen molar-refractivity contribution in [3.63, 3.8) is 0 Å². The van der Waals surface area contributed by atoms with Gasteiger partial charge in [0.2, 0.25) is 0 Å². The van der Waals surface area contributed by atoms with Crippen molar-refractivity contribution >= 4 is 5.91 Å². The molecule has 122 valence electrons. The third-order valence-electron chi connectivity index (χ3n) is 4.18. The third kappa shape index (κ3) is 3.16. The maximum Gasteiger partial charge on any atom is 0.272 e. The Bertz CT molecular complexity index is 775. The number of aliphatic hydroxyl groups is 1. The Hall–Kier alpha value is -2.48. The fraction of sp³-hybridized carbons (Fsp3) is 0.467. The molecule has 1 atom stereocenters. The highest BCUT2D eigenvalue weighted by atomic mass is 16.3. The first-order chi connectivity index (χ1) is 10.9. The molecule has 2 heterocycles. The molecule has 23 heavy (non-hydrogen) atoms. The van der Waals surface area contributed by atoms with Crippen molar-refractivity contribution in [1.29, 1.82) is 0 Å². The lowest BCUT2D eigenvalue weighted by molar-refractivity contribution is 0.0234. The van der Waals surface area contributed by atoms with Crippen LogP contribution in [0.5, 0.6) is 0 Å². The van der Waals surface area contributed by atoms with Gasteiger partial charge in [-0.1, -0.05) is 0 Å². The van der Waals surface area contributed by atoms with Crippen molar-refractivity contribution < 1.29 is 9.90 Å². The SMILES string of the molecule is Cn1cc([C@@H](NC(=O)c2ccc(=O)n(C)n2)C2CC(O)C2)cn1. The van der Waals surface area contributed by atoms with E-state index >= 15 is 0 Å². The van der Waals surface area contributed by atoms with Crippen LogP contribution in [-0.4, -0.2) is 36.7 Å². The highest BCUT2D eigenvalue weighted by molar-refractivity contribution is 5.92. The van der Waals surface area contributed by atoms with Crippen molar-refractivity contribution in [2.45, 2.75) is 25.0 Å². The standard InChI is InChI=1S/C15H19N5O3/c1-19-8-10(7-16-19)14(9-5-11(21)6-9)17-15(23)12-3-4-13(22)20(2)18-12/h3-4,7-9,11,14,21H,5-6H2,1-2H3,(H,17,23)/t9?,11?,14-/m0/s1. The molecule has 1 amide bonds. The van der Waals surface area contributed by atoms with Crippen molar-refractivity contribution in [2.24, 2.45) is 20.0 Å². The van der Waals surface area contributed by atoms with Crippen molar-refractivity contribution in [2.75, 3.05) is 0 Å². The molecule has 1 fully saturated rings. The van der Waals surface area contributed by atoms with Crippen LogP contribution in [0.2, 0.25) is 0 Å². The van der Waals surface area contributed by atoms with Gasteiger partial charge in [0.05, 0.1) is 18.3 Å². The first-order valence-electron chi connectivity index (χ1n) is 7.46. The summed E-state index contributed by atoms with van der Waals surface area (Å²) in [6, 6.07) is 2.49. The lowest BCUT2D eigenvalue weighted by Gasteiger charge is -2.37. The predicted octanol–water partition coefficient (Wildman–Crippen LogP) is -0.244. The molecular weight excluding hydrogens is 298 g/mol. The minimum absolute atomic E-state index is 0.158. The lowest BCUT2D eigenvalue weighted by Crippen LogP contribution is -2.41. The Kier molecular flexibility index (Phi) is 3.99. The average Bonchev–Trinajstić information content (AvgIpc) is 2.91. The number of aromatic nitrogens is 4. The van der Waals surface area contributed by atoms with E-state index < -0.39 is 0 Å². The van der Waals surface area contributed by atoms with Gasteiger partial charge in [-0.15, -0.1) is 0 Å². The van der Waals surface area contributed by atoms with Crippen LogP contribution in [0.4, 0.5) is 0 Å². The summed E-state index contributed by atoms with van der Waals surface area (Å²) in [6.45, 7) is 0. The van der Waals surface area contributed by atoms with Gasteiger partial charge in [0.25, 0.3) is 11.5 Å². The molecule has 0 aromatic carbocycles. The number of carbonyl (C=O) groups excluding carboxylic acids is 1. The molecule has 8 heteroatoms. The summed E-state index contributed by atoms with van der Waals surface area (Å²) in [5, 5.41) is 20.6. The number of nitrogens with zero attached hydrogens (tertiary/aromatic N) is 4. The number of hydrogen-bond donors (Lipinski definition) is 2. The largest absolute Gasteiger partial charge is 0.393 e. The molecule has 0 aliphatic heterocycles. The van der Waals surface area contributed by atoms with Gasteiger partial charge < -0.3 is 10.4 Å². The fourth-order valence-corrected chi connectivity index (χ4v) is 2.81. The number of aliphatic hydroxyl groups excluding tert-OH is 1. The fourth-order valence-electron chi connectivity index (χ4n) is 2.81. The van der Waals surface area contributed by atoms with Crippen molar-refractivity contribution in [3.05, 3.63) is 46.1 Å². The third-order valence-corrected chi connectivity index (χ3v) is 4.18. The predicted molar refractivity (Wildman–Crippen MR) is 81.6 cm³/mol. The second-order valence-corrected chi connectivity index (χ2v) is 5.96. The van der Waals surface area contributed by atoms with E-state index in [1.807, 2.05) is 13.2 Å². The van der Waals surface area contributed by atoms with Gasteiger partial charge in [-0.05, 0) is 24.8 Å². The molecule has 2 aromatic rings. The monoisotopic (exact) mass is 317 g/mol. The molecule has 1 saturated carbocycles. The Labute approximate surface area is 132 Å². The molecule has 0 saturated heterocycles. The van der Waals surface area contributed by atoms with Crippen LogP contribution in [0.25, 0.3) is 0 Å². The van der Waals surface area contributed by atoms with Gasteiger partial charge in [0.1, 0.15) is 5.69 Å². The molecule has 0 unspecified atom stereocenters. The topological polar surface area (TPSA) is 102 Å². The van der Waals surface area contributed by atoms with E-state index in [1.54, 1.807) is 10.9 Å². The van der Waals surface area contributed by atoms with Gasteiger partial charge in [-0.2, -0.15) is 10.2 Å². The summed E-state index contributed by atoms with van der Waals surface area (Å²) in [7, 11) is 3.31. The molecule has 3 rings (SSSR count). The number of amides is 1. The summed E-state index contributed by atoms with van der Waals surface area (Å²) in [5.41, 5.74) is 0.802. The zero-order chi connectivity index (χ0) is 16.6. The van der Waals surface area contributed by atoms with Crippen molar-refractivity contribution in [1.82, 2.24) is 24.9 Å². The quantitative estimate of drug-likeness (QED) is 0.810. The molecule has 2 N–H and O–H groups in total. The van der Waals surface area contributed by atoms with Gasteiger partial charge in [-0.3, -0.25) is 14.3 Å². The summed E-state index contributed by atoms with van der Waals surface area (Å²) in [5.74, 6) is -0.193. The van der Waals surface area contributed by atoms with E-state index in [9.17, 15) is 14.7 Å². The normalized spacial score (nSPS) is 21.5. The minimum atomic E-state index is -0.351. The van der Waals surface area contributed by atoms with Crippen LogP contribution >= 0.6 is 0 Å². The van der Waals surface area contributed by atoms with Crippen LogP contribution < -0.4 is 10.9 Å². The second-order valence-electron chi connectivity index (χ2n) is 5.96. The number of rotatable bonds is 4. The summed E-state index contributed by atoms with van der Waals surface area (Å²) >= 11 is 0. The van der Waals surface area contributed by atoms with E-state index in [0.29, 0.717) is 12.8 Å². The zero-order valence-corrected chi connectivity index (χ0v) is 13.0. The summed E-state index contributed by atoms with van der Waals surface area (Å²) < 4.78 is 2.80. The lowest BCUT2D eigenvalue weighted by atomic mass is 9.75. The molecule has 0 radical (unpaired) electrons. The summed E-state index contributed by atoms with van der Waals surface area (Å²) in [6.07, 6.45) is 4.53. The van der Waals surface area contributed by atoms with Crippen LogP contribution in [0.15, 0.2) is 29.3 Å². The minimum Gasteiger partial charge on any atom is -0.393 e.